The van der Waals surface area contributed by atoms with Gasteiger partial charge in [0.05, 0.1) is 22.8 Å². The summed E-state index contributed by atoms with van der Waals surface area (Å²) >= 11 is 1.53. The molecule has 4 nitrogen and oxygen atoms in total. The number of benzene rings is 1. The number of hydrogen-bond acceptors (Lipinski definition) is 3. The van der Waals surface area contributed by atoms with E-state index < -0.39 is 0 Å². The van der Waals surface area contributed by atoms with Gasteiger partial charge in [0.2, 0.25) is 5.91 Å². The first kappa shape index (κ1) is 14.9. The van der Waals surface area contributed by atoms with Crippen LogP contribution in [0.4, 0.5) is 0 Å². The fraction of sp³-hybridized carbons (Fsp3) is 0.467. The van der Waals surface area contributed by atoms with Gasteiger partial charge in [0.1, 0.15) is 5.82 Å². The van der Waals surface area contributed by atoms with Gasteiger partial charge in [0.25, 0.3) is 0 Å². The van der Waals surface area contributed by atoms with Crippen LogP contribution in [0.3, 0.4) is 0 Å². The molecule has 0 spiro atoms. The van der Waals surface area contributed by atoms with Crippen LogP contribution in [-0.2, 0) is 4.79 Å². The molecule has 0 aliphatic rings. The molecule has 5 heteroatoms. The number of thioether (sulfide) groups is 1. The molecule has 0 bridgehead atoms. The predicted octanol–water partition coefficient (Wildman–Crippen LogP) is 3.13. The van der Waals surface area contributed by atoms with Crippen molar-refractivity contribution in [1.29, 1.82) is 0 Å². The van der Waals surface area contributed by atoms with Crippen molar-refractivity contribution in [1.82, 2.24) is 15.3 Å². The van der Waals surface area contributed by atoms with Crippen LogP contribution in [0, 0.1) is 5.92 Å². The number of H-pyrrole nitrogens is 1. The summed E-state index contributed by atoms with van der Waals surface area (Å²) in [5.41, 5.74) is 1.95. The van der Waals surface area contributed by atoms with E-state index in [1.54, 1.807) is 0 Å². The average Bonchev–Trinajstić information content (AvgIpc) is 2.87. The number of hydrogen-bond donors (Lipinski definition) is 2. The third-order valence-corrected chi connectivity index (χ3v) is 4.06. The summed E-state index contributed by atoms with van der Waals surface area (Å²) in [6.45, 7) is 4.26. The predicted molar refractivity (Wildman–Crippen MR) is 84.8 cm³/mol. The Bertz CT molecular complexity index is 548. The van der Waals surface area contributed by atoms with Gasteiger partial charge in [-0.2, -0.15) is 11.8 Å². The highest BCUT2D eigenvalue weighted by atomic mass is 32.2. The topological polar surface area (TPSA) is 57.8 Å². The zero-order valence-electron chi connectivity index (χ0n) is 12.1. The summed E-state index contributed by atoms with van der Waals surface area (Å²) < 4.78 is 0. The Hall–Kier alpha value is -1.49. The van der Waals surface area contributed by atoms with Crippen molar-refractivity contribution in [2.75, 3.05) is 12.0 Å². The number of nitrogens with zero attached hydrogens (tertiary/aromatic N) is 1. The Morgan fingerprint density at radius 1 is 1.45 bits per heavy atom. The maximum absolute atomic E-state index is 11.9. The number of carbonyl (C=O) groups is 1. The molecule has 2 rings (SSSR count). The molecule has 0 saturated heterocycles. The Kier molecular flexibility index (Phi) is 5.06. The zero-order chi connectivity index (χ0) is 14.5. The number of aromatic nitrogens is 2. The molecule has 1 amide bonds. The van der Waals surface area contributed by atoms with Gasteiger partial charge in [0, 0.05) is 0 Å². The number of carbonyl (C=O) groups excluding carboxylic acids is 1. The third-order valence-electron chi connectivity index (χ3n) is 3.51. The lowest BCUT2D eigenvalue weighted by Crippen LogP contribution is -2.34. The molecule has 0 aliphatic carbocycles. The number of nitrogens with one attached hydrogen (secondary N) is 2. The minimum Gasteiger partial charge on any atom is -0.345 e. The first-order valence-electron chi connectivity index (χ1n) is 6.88. The molecular weight excluding hydrogens is 270 g/mol. The second kappa shape index (κ2) is 6.79. The fourth-order valence-electron chi connectivity index (χ4n) is 2.18. The molecule has 0 aliphatic heterocycles. The van der Waals surface area contributed by atoms with E-state index in [2.05, 4.69) is 29.1 Å². The standard InChI is InChI=1S/C15H21N3OS/c1-4-10(2)14(18-13(19)9-20-3)15-16-11-7-5-6-8-12(11)17-15/h5-8,10,14H,4,9H2,1-3H3,(H,16,17)(H,18,19)/t10-,14+/m0/s1. The average molecular weight is 291 g/mol. The van der Waals surface area contributed by atoms with Gasteiger partial charge in [-0.05, 0) is 24.3 Å². The minimum absolute atomic E-state index is 0.0586. The summed E-state index contributed by atoms with van der Waals surface area (Å²) in [6.07, 6.45) is 2.92. The van der Waals surface area contributed by atoms with Crippen molar-refractivity contribution in [2.24, 2.45) is 5.92 Å². The quantitative estimate of drug-likeness (QED) is 0.859. The minimum atomic E-state index is -0.0629. The van der Waals surface area contributed by atoms with Crippen LogP contribution in [0.1, 0.15) is 32.1 Å². The molecule has 1 heterocycles. The summed E-state index contributed by atoms with van der Waals surface area (Å²) in [5, 5.41) is 3.09. The fourth-order valence-corrected chi connectivity index (χ4v) is 2.53. The van der Waals surface area contributed by atoms with Crippen LogP contribution in [0.15, 0.2) is 24.3 Å². The molecule has 2 aromatic rings. The lowest BCUT2D eigenvalue weighted by atomic mass is 9.98. The van der Waals surface area contributed by atoms with Crippen molar-refractivity contribution in [3.8, 4) is 0 Å². The van der Waals surface area contributed by atoms with Gasteiger partial charge < -0.3 is 10.3 Å². The SMILES string of the molecule is CC[C@H](C)[C@@H](NC(=O)CSC)c1nc2ccccc2[nH]1. The van der Waals surface area contributed by atoms with E-state index in [0.717, 1.165) is 23.3 Å². The van der Waals surface area contributed by atoms with E-state index in [-0.39, 0.29) is 11.9 Å². The molecule has 2 N–H and O–H groups in total. The lowest BCUT2D eigenvalue weighted by molar-refractivity contribution is -0.119. The molecule has 20 heavy (non-hydrogen) atoms. The largest absolute Gasteiger partial charge is 0.345 e. The molecular formula is C15H21N3OS. The maximum atomic E-state index is 11.9. The summed E-state index contributed by atoms with van der Waals surface area (Å²) in [5.74, 6) is 1.72. The van der Waals surface area contributed by atoms with Crippen molar-refractivity contribution in [3.63, 3.8) is 0 Å². The van der Waals surface area contributed by atoms with E-state index in [1.807, 2.05) is 30.5 Å². The van der Waals surface area contributed by atoms with Gasteiger partial charge in [-0.15, -0.1) is 0 Å². The van der Waals surface area contributed by atoms with Gasteiger partial charge in [-0.25, -0.2) is 4.98 Å². The third kappa shape index (κ3) is 3.33. The monoisotopic (exact) mass is 291 g/mol. The van der Waals surface area contributed by atoms with Crippen LogP contribution in [0.5, 0.6) is 0 Å². The molecule has 0 unspecified atom stereocenters. The van der Waals surface area contributed by atoms with Crippen LogP contribution in [0.2, 0.25) is 0 Å². The lowest BCUT2D eigenvalue weighted by Gasteiger charge is -2.22. The molecule has 108 valence electrons. The Labute approximate surface area is 123 Å². The number of rotatable bonds is 6. The Morgan fingerprint density at radius 2 is 2.20 bits per heavy atom. The van der Waals surface area contributed by atoms with E-state index in [0.29, 0.717) is 11.7 Å². The summed E-state index contributed by atoms with van der Waals surface area (Å²) in [6, 6.07) is 7.87. The van der Waals surface area contributed by atoms with Crippen LogP contribution < -0.4 is 5.32 Å². The number of aromatic amines is 1. The van der Waals surface area contributed by atoms with Gasteiger partial charge in [0.15, 0.2) is 0 Å². The van der Waals surface area contributed by atoms with Gasteiger partial charge >= 0.3 is 0 Å². The second-order valence-electron chi connectivity index (χ2n) is 5.00. The van der Waals surface area contributed by atoms with Crippen molar-refractivity contribution in [3.05, 3.63) is 30.1 Å². The second-order valence-corrected chi connectivity index (χ2v) is 5.87. The highest BCUT2D eigenvalue weighted by Crippen LogP contribution is 2.24. The van der Waals surface area contributed by atoms with Gasteiger partial charge in [-0.3, -0.25) is 4.79 Å². The van der Waals surface area contributed by atoms with E-state index in [9.17, 15) is 4.79 Å². The molecule has 0 radical (unpaired) electrons. The summed E-state index contributed by atoms with van der Waals surface area (Å²) in [7, 11) is 0. The maximum Gasteiger partial charge on any atom is 0.230 e. The first-order chi connectivity index (χ1) is 9.65. The first-order valence-corrected chi connectivity index (χ1v) is 8.28. The summed E-state index contributed by atoms with van der Waals surface area (Å²) in [4.78, 5) is 19.8. The molecule has 2 atom stereocenters. The van der Waals surface area contributed by atoms with Crippen molar-refractivity contribution >= 4 is 28.7 Å². The Balaban J connectivity index is 2.27. The molecule has 1 aromatic heterocycles. The Morgan fingerprint density at radius 3 is 2.85 bits per heavy atom. The van der Waals surface area contributed by atoms with Crippen molar-refractivity contribution < 1.29 is 4.79 Å². The van der Waals surface area contributed by atoms with Gasteiger partial charge in [-0.1, -0.05) is 32.4 Å². The number of amides is 1. The zero-order valence-corrected chi connectivity index (χ0v) is 13.0. The molecule has 1 aromatic carbocycles. The van der Waals surface area contributed by atoms with E-state index in [1.165, 1.54) is 11.8 Å². The van der Waals surface area contributed by atoms with Crippen LogP contribution in [0.25, 0.3) is 11.0 Å². The smallest absolute Gasteiger partial charge is 0.230 e. The number of para-hydroxylation sites is 2. The van der Waals surface area contributed by atoms with Crippen molar-refractivity contribution in [2.45, 2.75) is 26.3 Å². The van der Waals surface area contributed by atoms with E-state index in [4.69, 9.17) is 0 Å². The molecule has 0 fully saturated rings. The molecule has 0 saturated carbocycles. The normalized spacial score (nSPS) is 14.2. The highest BCUT2D eigenvalue weighted by Gasteiger charge is 2.23. The van der Waals surface area contributed by atoms with Crippen LogP contribution >= 0.6 is 11.8 Å². The van der Waals surface area contributed by atoms with E-state index >= 15 is 0 Å². The highest BCUT2D eigenvalue weighted by molar-refractivity contribution is 7.99. The number of imidazole rings is 1. The number of fused-ring (bicyclic) bond motifs is 1. The van der Waals surface area contributed by atoms with Crippen LogP contribution in [-0.4, -0.2) is 27.9 Å².